The van der Waals surface area contributed by atoms with E-state index in [0.29, 0.717) is 27.8 Å². The molecule has 0 saturated carbocycles. The number of anilines is 3. The van der Waals surface area contributed by atoms with Crippen molar-refractivity contribution in [3.63, 3.8) is 0 Å². The molecule has 1 heterocycles. The molecule has 0 saturated heterocycles. The topological polar surface area (TPSA) is 72.5 Å². The average molecular weight is 448 g/mol. The lowest BCUT2D eigenvalue weighted by Gasteiger charge is -2.12. The van der Waals surface area contributed by atoms with Crippen molar-refractivity contribution in [2.45, 2.75) is 6.92 Å². The van der Waals surface area contributed by atoms with Gasteiger partial charge in [-0.1, -0.05) is 17.7 Å². The molecule has 2 N–H and O–H groups in total. The van der Waals surface area contributed by atoms with Crippen molar-refractivity contribution >= 4 is 45.6 Å². The first-order valence-corrected chi connectivity index (χ1v) is 10.3. The van der Waals surface area contributed by atoms with Gasteiger partial charge >= 0.3 is 0 Å². The van der Waals surface area contributed by atoms with Gasteiger partial charge in [-0.3, -0.25) is 4.79 Å². The number of aromatic nitrogens is 1. The molecule has 7 heteroatoms. The van der Waals surface area contributed by atoms with Gasteiger partial charge in [0.2, 0.25) is 0 Å². The molecule has 6 nitrogen and oxygen atoms in total. The van der Waals surface area contributed by atoms with Gasteiger partial charge < -0.3 is 20.1 Å². The second-order valence-corrected chi connectivity index (χ2v) is 7.68. The summed E-state index contributed by atoms with van der Waals surface area (Å²) in [6, 6.07) is 20.1. The maximum atomic E-state index is 12.8. The molecule has 162 valence electrons. The minimum atomic E-state index is -0.258. The molecule has 0 radical (unpaired) electrons. The lowest BCUT2D eigenvalue weighted by molar-refractivity contribution is 0.102. The first-order chi connectivity index (χ1) is 15.4. The number of nitrogens with one attached hydrogen (secondary N) is 2. The normalized spacial score (nSPS) is 10.6. The third-order valence-electron chi connectivity index (χ3n) is 4.98. The molecule has 4 rings (SSSR count). The van der Waals surface area contributed by atoms with Crippen LogP contribution in [0, 0.1) is 6.92 Å². The number of amides is 1. The first kappa shape index (κ1) is 21.5. The van der Waals surface area contributed by atoms with E-state index in [2.05, 4.69) is 15.6 Å². The summed E-state index contributed by atoms with van der Waals surface area (Å²) in [5.41, 5.74) is 3.82. The molecule has 1 aromatic heterocycles. The molecule has 0 fully saturated rings. The molecule has 0 atom stereocenters. The molecular formula is C25H22ClN3O3. The Balaban J connectivity index is 1.58. The van der Waals surface area contributed by atoms with E-state index in [0.717, 1.165) is 28.0 Å². The number of pyridine rings is 1. The molecule has 3 aromatic carbocycles. The number of hydrogen-bond donors (Lipinski definition) is 2. The first-order valence-electron chi connectivity index (χ1n) is 9.93. The Morgan fingerprint density at radius 1 is 0.906 bits per heavy atom. The van der Waals surface area contributed by atoms with Crippen LogP contribution in [-0.2, 0) is 0 Å². The summed E-state index contributed by atoms with van der Waals surface area (Å²) in [7, 11) is 3.09. The number of fused-ring (bicyclic) bond motifs is 1. The number of benzene rings is 3. The number of nitrogens with zero attached hydrogens (tertiary/aromatic N) is 1. The van der Waals surface area contributed by atoms with Gasteiger partial charge in [-0.05, 0) is 67.1 Å². The third-order valence-corrected chi connectivity index (χ3v) is 5.22. The zero-order valence-corrected chi connectivity index (χ0v) is 18.7. The number of rotatable bonds is 6. The van der Waals surface area contributed by atoms with Crippen molar-refractivity contribution in [3.05, 3.63) is 82.9 Å². The Hall–Kier alpha value is -3.77. The predicted molar refractivity (Wildman–Crippen MR) is 129 cm³/mol. The highest BCUT2D eigenvalue weighted by molar-refractivity contribution is 6.30. The summed E-state index contributed by atoms with van der Waals surface area (Å²) in [5.74, 6) is 1.56. The van der Waals surface area contributed by atoms with Crippen LogP contribution in [0.2, 0.25) is 5.02 Å². The summed E-state index contributed by atoms with van der Waals surface area (Å²) in [5, 5.41) is 7.81. The Kier molecular flexibility index (Phi) is 6.14. The van der Waals surface area contributed by atoms with Crippen LogP contribution in [0.15, 0.2) is 66.7 Å². The van der Waals surface area contributed by atoms with Crippen molar-refractivity contribution < 1.29 is 14.3 Å². The fourth-order valence-corrected chi connectivity index (χ4v) is 3.58. The highest BCUT2D eigenvalue weighted by Crippen LogP contribution is 2.27. The van der Waals surface area contributed by atoms with Crippen LogP contribution in [-0.4, -0.2) is 25.1 Å². The highest BCUT2D eigenvalue weighted by Gasteiger charge is 2.12. The molecule has 0 bridgehead atoms. The summed E-state index contributed by atoms with van der Waals surface area (Å²) in [4.78, 5) is 17.5. The van der Waals surface area contributed by atoms with Gasteiger partial charge in [-0.2, -0.15) is 0 Å². The number of aryl methyl sites for hydroxylation is 1. The average Bonchev–Trinajstić information content (AvgIpc) is 2.79. The van der Waals surface area contributed by atoms with Crippen molar-refractivity contribution in [1.82, 2.24) is 4.98 Å². The SMILES string of the molecule is COc1cc(OC)cc(C(=O)Nc2ccc3nc(Nc4cccc(Cl)c4)cc(C)c3c2)c1. The van der Waals surface area contributed by atoms with Crippen LogP contribution in [0.5, 0.6) is 11.5 Å². The van der Waals surface area contributed by atoms with Crippen LogP contribution in [0.3, 0.4) is 0 Å². The van der Waals surface area contributed by atoms with E-state index in [-0.39, 0.29) is 5.91 Å². The molecule has 32 heavy (non-hydrogen) atoms. The zero-order valence-electron chi connectivity index (χ0n) is 17.9. The molecule has 0 aliphatic rings. The highest BCUT2D eigenvalue weighted by atomic mass is 35.5. The molecule has 0 aliphatic carbocycles. The number of carbonyl (C=O) groups excluding carboxylic acids is 1. The van der Waals surface area contributed by atoms with Crippen molar-refractivity contribution in [2.24, 2.45) is 0 Å². The molecule has 4 aromatic rings. The maximum Gasteiger partial charge on any atom is 0.255 e. The standard InChI is InChI=1S/C25H22ClN3O3/c1-15-9-24(27-18-6-4-5-17(26)12-18)29-23-8-7-19(13-22(15)23)28-25(30)16-10-20(31-2)14-21(11-16)32-3/h4-14H,1-3H3,(H,27,29)(H,28,30). The predicted octanol–water partition coefficient (Wildman–Crippen LogP) is 6.21. The fraction of sp³-hybridized carbons (Fsp3) is 0.120. The van der Waals surface area contributed by atoms with Crippen molar-refractivity contribution in [3.8, 4) is 11.5 Å². The summed E-state index contributed by atoms with van der Waals surface area (Å²) in [6.07, 6.45) is 0. The number of methoxy groups -OCH3 is 2. The number of carbonyl (C=O) groups is 1. The molecule has 0 unspecified atom stereocenters. The van der Waals surface area contributed by atoms with E-state index in [1.807, 2.05) is 55.5 Å². The van der Waals surface area contributed by atoms with Gasteiger partial charge in [0.25, 0.3) is 5.91 Å². The van der Waals surface area contributed by atoms with E-state index in [1.54, 1.807) is 32.4 Å². The summed E-state index contributed by atoms with van der Waals surface area (Å²) < 4.78 is 10.5. The Morgan fingerprint density at radius 3 is 2.34 bits per heavy atom. The largest absolute Gasteiger partial charge is 0.497 e. The van der Waals surface area contributed by atoms with Gasteiger partial charge in [0.15, 0.2) is 0 Å². The van der Waals surface area contributed by atoms with E-state index in [9.17, 15) is 4.79 Å². The van der Waals surface area contributed by atoms with Crippen LogP contribution < -0.4 is 20.1 Å². The van der Waals surface area contributed by atoms with E-state index < -0.39 is 0 Å². The van der Waals surface area contributed by atoms with Gasteiger partial charge in [0, 0.05) is 33.4 Å². The monoisotopic (exact) mass is 447 g/mol. The molecule has 1 amide bonds. The summed E-state index contributed by atoms with van der Waals surface area (Å²) >= 11 is 6.07. The number of hydrogen-bond acceptors (Lipinski definition) is 5. The second kappa shape index (κ2) is 9.16. The lowest BCUT2D eigenvalue weighted by atomic mass is 10.1. The minimum Gasteiger partial charge on any atom is -0.497 e. The van der Waals surface area contributed by atoms with Crippen molar-refractivity contribution in [2.75, 3.05) is 24.9 Å². The zero-order chi connectivity index (χ0) is 22.7. The van der Waals surface area contributed by atoms with Gasteiger partial charge in [-0.25, -0.2) is 4.98 Å². The number of halogens is 1. The molecule has 0 spiro atoms. The van der Waals surface area contributed by atoms with Crippen molar-refractivity contribution in [1.29, 1.82) is 0 Å². The van der Waals surface area contributed by atoms with Crippen LogP contribution in [0.25, 0.3) is 10.9 Å². The maximum absolute atomic E-state index is 12.8. The van der Waals surface area contributed by atoms with E-state index in [4.69, 9.17) is 21.1 Å². The van der Waals surface area contributed by atoms with Gasteiger partial charge in [0.05, 0.1) is 19.7 Å². The molecule has 0 aliphatic heterocycles. The fourth-order valence-electron chi connectivity index (χ4n) is 3.39. The van der Waals surface area contributed by atoms with E-state index >= 15 is 0 Å². The Morgan fingerprint density at radius 2 is 1.66 bits per heavy atom. The van der Waals surface area contributed by atoms with Gasteiger partial charge in [0.1, 0.15) is 17.3 Å². The number of ether oxygens (including phenoxy) is 2. The van der Waals surface area contributed by atoms with Crippen LogP contribution in [0.4, 0.5) is 17.2 Å². The summed E-state index contributed by atoms with van der Waals surface area (Å²) in [6.45, 7) is 2.01. The Bertz CT molecular complexity index is 1280. The minimum absolute atomic E-state index is 0.258. The van der Waals surface area contributed by atoms with E-state index in [1.165, 1.54) is 0 Å². The van der Waals surface area contributed by atoms with Crippen LogP contribution in [0.1, 0.15) is 15.9 Å². The quantitative estimate of drug-likeness (QED) is 0.367. The van der Waals surface area contributed by atoms with Gasteiger partial charge in [-0.15, -0.1) is 0 Å². The smallest absolute Gasteiger partial charge is 0.255 e. The second-order valence-electron chi connectivity index (χ2n) is 7.25. The third kappa shape index (κ3) is 4.76. The van der Waals surface area contributed by atoms with Crippen LogP contribution >= 0.6 is 11.6 Å². The Labute approximate surface area is 191 Å². The molecular weight excluding hydrogens is 426 g/mol. The lowest BCUT2D eigenvalue weighted by Crippen LogP contribution is -2.12.